The number of carbonyl (C=O) groups excluding carboxylic acids is 1. The molecule has 0 bridgehead atoms. The van der Waals surface area contributed by atoms with Crippen molar-refractivity contribution in [3.63, 3.8) is 0 Å². The summed E-state index contributed by atoms with van der Waals surface area (Å²) >= 11 is 3.50. The Kier molecular flexibility index (Phi) is 4.99. The van der Waals surface area contributed by atoms with Crippen molar-refractivity contribution >= 4 is 21.8 Å². The highest BCUT2D eigenvalue weighted by molar-refractivity contribution is 9.10. The molecule has 19 heavy (non-hydrogen) atoms. The van der Waals surface area contributed by atoms with Crippen molar-refractivity contribution in [3.8, 4) is 0 Å². The van der Waals surface area contributed by atoms with Crippen molar-refractivity contribution in [1.29, 1.82) is 0 Å². The quantitative estimate of drug-likeness (QED) is 0.809. The van der Waals surface area contributed by atoms with Crippen LogP contribution < -0.4 is 10.6 Å². The Bertz CT molecular complexity index is 444. The van der Waals surface area contributed by atoms with Gasteiger partial charge in [0.05, 0.1) is 0 Å². The molecule has 1 aliphatic rings. The normalized spacial score (nSPS) is 16.1. The van der Waals surface area contributed by atoms with Crippen molar-refractivity contribution in [2.75, 3.05) is 20.1 Å². The SMILES string of the molecule is CNCCC(=O)NCC1(Cc2cccc(Br)c2)CC1. The van der Waals surface area contributed by atoms with Crippen LogP contribution in [0.4, 0.5) is 0 Å². The number of nitrogens with one attached hydrogen (secondary N) is 2. The summed E-state index contributed by atoms with van der Waals surface area (Å²) in [5, 5.41) is 6.06. The minimum Gasteiger partial charge on any atom is -0.355 e. The summed E-state index contributed by atoms with van der Waals surface area (Å²) in [7, 11) is 1.86. The molecule has 1 aliphatic carbocycles. The molecule has 1 fully saturated rings. The maximum absolute atomic E-state index is 11.6. The first kappa shape index (κ1) is 14.5. The third-order valence-electron chi connectivity index (χ3n) is 3.69. The van der Waals surface area contributed by atoms with E-state index in [1.54, 1.807) is 0 Å². The van der Waals surface area contributed by atoms with Gasteiger partial charge in [0.1, 0.15) is 0 Å². The molecule has 0 unspecified atom stereocenters. The summed E-state index contributed by atoms with van der Waals surface area (Å²) in [6.07, 6.45) is 4.04. The fraction of sp³-hybridized carbons (Fsp3) is 0.533. The fourth-order valence-electron chi connectivity index (χ4n) is 2.29. The number of halogens is 1. The molecule has 2 rings (SSSR count). The topological polar surface area (TPSA) is 41.1 Å². The first-order chi connectivity index (χ1) is 9.13. The zero-order chi connectivity index (χ0) is 13.7. The van der Waals surface area contributed by atoms with E-state index in [1.807, 2.05) is 13.1 Å². The highest BCUT2D eigenvalue weighted by Crippen LogP contribution is 2.47. The van der Waals surface area contributed by atoms with Crippen LogP contribution in [0.5, 0.6) is 0 Å². The fourth-order valence-corrected chi connectivity index (χ4v) is 2.73. The third-order valence-corrected chi connectivity index (χ3v) is 4.18. The van der Waals surface area contributed by atoms with Crippen molar-refractivity contribution in [1.82, 2.24) is 10.6 Å². The second kappa shape index (κ2) is 6.53. The zero-order valence-corrected chi connectivity index (χ0v) is 12.9. The van der Waals surface area contributed by atoms with Crippen molar-refractivity contribution in [2.24, 2.45) is 5.41 Å². The van der Waals surface area contributed by atoms with Gasteiger partial charge in [-0.2, -0.15) is 0 Å². The van der Waals surface area contributed by atoms with Crippen LogP contribution in [0.25, 0.3) is 0 Å². The Morgan fingerprint density at radius 3 is 2.84 bits per heavy atom. The molecule has 0 aromatic heterocycles. The van der Waals surface area contributed by atoms with Crippen LogP contribution in [0, 0.1) is 5.41 Å². The van der Waals surface area contributed by atoms with Gasteiger partial charge in [0.15, 0.2) is 0 Å². The van der Waals surface area contributed by atoms with Gasteiger partial charge in [-0.05, 0) is 49.4 Å². The van der Waals surface area contributed by atoms with E-state index in [1.165, 1.54) is 18.4 Å². The number of carbonyl (C=O) groups is 1. The molecular weight excluding hydrogens is 304 g/mol. The highest BCUT2D eigenvalue weighted by atomic mass is 79.9. The van der Waals surface area contributed by atoms with Gasteiger partial charge in [-0.25, -0.2) is 0 Å². The molecule has 0 radical (unpaired) electrons. The molecule has 1 aromatic rings. The molecule has 2 N–H and O–H groups in total. The van der Waals surface area contributed by atoms with E-state index >= 15 is 0 Å². The lowest BCUT2D eigenvalue weighted by Gasteiger charge is -2.16. The minimum absolute atomic E-state index is 0.148. The molecule has 0 spiro atoms. The molecule has 0 saturated heterocycles. The summed E-state index contributed by atoms with van der Waals surface area (Å²) in [6, 6.07) is 8.44. The van der Waals surface area contributed by atoms with Gasteiger partial charge in [-0.1, -0.05) is 28.1 Å². The standard InChI is InChI=1S/C15H21BrN2O/c1-17-8-5-14(19)18-11-15(6-7-15)10-12-3-2-4-13(16)9-12/h2-4,9,17H,5-8,10-11H2,1H3,(H,18,19). The van der Waals surface area contributed by atoms with Gasteiger partial charge >= 0.3 is 0 Å². The van der Waals surface area contributed by atoms with Crippen molar-refractivity contribution in [3.05, 3.63) is 34.3 Å². The summed E-state index contributed by atoms with van der Waals surface area (Å²) in [5.74, 6) is 0.148. The maximum Gasteiger partial charge on any atom is 0.221 e. The van der Waals surface area contributed by atoms with Gasteiger partial charge in [0.2, 0.25) is 5.91 Å². The highest BCUT2D eigenvalue weighted by Gasteiger charge is 2.42. The Morgan fingerprint density at radius 2 is 2.21 bits per heavy atom. The van der Waals surface area contributed by atoms with Crippen molar-refractivity contribution in [2.45, 2.75) is 25.7 Å². The number of amides is 1. The molecule has 1 saturated carbocycles. The van der Waals surface area contributed by atoms with Gasteiger partial charge in [-0.15, -0.1) is 0 Å². The molecule has 4 heteroatoms. The molecule has 104 valence electrons. The van der Waals surface area contributed by atoms with E-state index in [9.17, 15) is 4.79 Å². The monoisotopic (exact) mass is 324 g/mol. The van der Waals surface area contributed by atoms with Gasteiger partial charge in [0, 0.05) is 24.0 Å². The van der Waals surface area contributed by atoms with E-state index < -0.39 is 0 Å². The van der Waals surface area contributed by atoms with Crippen LogP contribution in [0.15, 0.2) is 28.7 Å². The predicted octanol–water partition coefficient (Wildman–Crippen LogP) is 2.50. The lowest BCUT2D eigenvalue weighted by atomic mass is 9.96. The molecule has 0 heterocycles. The smallest absolute Gasteiger partial charge is 0.221 e. The molecule has 0 aliphatic heterocycles. The molecule has 1 amide bonds. The average Bonchev–Trinajstić information content (AvgIpc) is 3.14. The van der Waals surface area contributed by atoms with Crippen LogP contribution in [0.1, 0.15) is 24.8 Å². The lowest BCUT2D eigenvalue weighted by Crippen LogP contribution is -2.32. The number of benzene rings is 1. The second-order valence-electron chi connectivity index (χ2n) is 5.44. The minimum atomic E-state index is 0.148. The maximum atomic E-state index is 11.6. The Morgan fingerprint density at radius 1 is 1.42 bits per heavy atom. The first-order valence-electron chi connectivity index (χ1n) is 6.79. The van der Waals surface area contributed by atoms with Crippen LogP contribution in [-0.4, -0.2) is 26.0 Å². The van der Waals surface area contributed by atoms with Crippen LogP contribution in [0.3, 0.4) is 0 Å². The second-order valence-corrected chi connectivity index (χ2v) is 6.35. The molecule has 3 nitrogen and oxygen atoms in total. The number of hydrogen-bond acceptors (Lipinski definition) is 2. The van der Waals surface area contributed by atoms with Crippen LogP contribution >= 0.6 is 15.9 Å². The molecular formula is C15H21BrN2O. The summed E-state index contributed by atoms with van der Waals surface area (Å²) < 4.78 is 1.12. The largest absolute Gasteiger partial charge is 0.355 e. The zero-order valence-electron chi connectivity index (χ0n) is 11.3. The summed E-state index contributed by atoms with van der Waals surface area (Å²) in [4.78, 5) is 11.6. The summed E-state index contributed by atoms with van der Waals surface area (Å²) in [5.41, 5.74) is 1.65. The predicted molar refractivity (Wildman–Crippen MR) is 81.1 cm³/mol. The molecule has 1 aromatic carbocycles. The Labute approximate surface area is 123 Å². The van der Waals surface area contributed by atoms with E-state index in [2.05, 4.69) is 44.8 Å². The van der Waals surface area contributed by atoms with Gasteiger partial charge in [-0.3, -0.25) is 4.79 Å². The van der Waals surface area contributed by atoms with E-state index in [4.69, 9.17) is 0 Å². The van der Waals surface area contributed by atoms with E-state index in [0.29, 0.717) is 11.8 Å². The Hall–Kier alpha value is -0.870. The van der Waals surface area contributed by atoms with Crippen LogP contribution in [0.2, 0.25) is 0 Å². The van der Waals surface area contributed by atoms with E-state index in [-0.39, 0.29) is 5.91 Å². The molecule has 0 atom stereocenters. The lowest BCUT2D eigenvalue weighted by molar-refractivity contribution is -0.121. The van der Waals surface area contributed by atoms with Crippen molar-refractivity contribution < 1.29 is 4.79 Å². The third kappa shape index (κ3) is 4.62. The summed E-state index contributed by atoms with van der Waals surface area (Å²) in [6.45, 7) is 1.55. The van der Waals surface area contributed by atoms with Crippen LogP contribution in [-0.2, 0) is 11.2 Å². The Balaban J connectivity index is 1.81. The first-order valence-corrected chi connectivity index (χ1v) is 7.59. The number of rotatable bonds is 7. The number of hydrogen-bond donors (Lipinski definition) is 2. The van der Waals surface area contributed by atoms with Gasteiger partial charge < -0.3 is 10.6 Å². The van der Waals surface area contributed by atoms with E-state index in [0.717, 1.165) is 24.0 Å². The average molecular weight is 325 g/mol. The van der Waals surface area contributed by atoms with Gasteiger partial charge in [0.25, 0.3) is 0 Å².